The molecular formula is C11H20N2O. The van der Waals surface area contributed by atoms with Gasteiger partial charge in [0.05, 0.1) is 0 Å². The second kappa shape index (κ2) is 3.89. The van der Waals surface area contributed by atoms with Crippen molar-refractivity contribution in [2.75, 3.05) is 20.1 Å². The van der Waals surface area contributed by atoms with Crippen LogP contribution in [-0.2, 0) is 4.79 Å². The van der Waals surface area contributed by atoms with Crippen LogP contribution in [0.1, 0.15) is 25.7 Å². The second-order valence-corrected chi connectivity index (χ2v) is 4.73. The van der Waals surface area contributed by atoms with Crippen LogP contribution < -0.4 is 5.73 Å². The molecule has 0 bridgehead atoms. The molecule has 2 atom stereocenters. The number of nitrogens with zero attached hydrogens (tertiary/aromatic N) is 1. The van der Waals surface area contributed by atoms with Crippen molar-refractivity contribution in [2.45, 2.75) is 25.7 Å². The Morgan fingerprint density at radius 3 is 2.64 bits per heavy atom. The maximum absolute atomic E-state index is 11.8. The van der Waals surface area contributed by atoms with Gasteiger partial charge in [0.15, 0.2) is 0 Å². The summed E-state index contributed by atoms with van der Waals surface area (Å²) >= 11 is 0. The van der Waals surface area contributed by atoms with Crippen LogP contribution in [0, 0.1) is 17.8 Å². The first-order valence-corrected chi connectivity index (χ1v) is 5.69. The van der Waals surface area contributed by atoms with E-state index in [1.807, 2.05) is 11.9 Å². The van der Waals surface area contributed by atoms with Crippen molar-refractivity contribution in [2.24, 2.45) is 23.5 Å². The highest BCUT2D eigenvalue weighted by Crippen LogP contribution is 2.44. The molecule has 1 aliphatic carbocycles. The predicted octanol–water partition coefficient (Wildman–Crippen LogP) is 0.840. The third-order valence-electron chi connectivity index (χ3n) is 3.71. The van der Waals surface area contributed by atoms with Crippen molar-refractivity contribution in [1.82, 2.24) is 4.90 Å². The highest BCUT2D eigenvalue weighted by atomic mass is 16.2. The Morgan fingerprint density at radius 2 is 2.21 bits per heavy atom. The Hall–Kier alpha value is -0.570. The van der Waals surface area contributed by atoms with Gasteiger partial charge in [0.25, 0.3) is 0 Å². The topological polar surface area (TPSA) is 46.3 Å². The molecule has 0 spiro atoms. The van der Waals surface area contributed by atoms with E-state index < -0.39 is 0 Å². The van der Waals surface area contributed by atoms with Crippen LogP contribution in [0.5, 0.6) is 0 Å². The van der Waals surface area contributed by atoms with E-state index in [0.29, 0.717) is 11.8 Å². The molecule has 2 N–H and O–H groups in total. The van der Waals surface area contributed by atoms with E-state index in [1.165, 1.54) is 12.8 Å². The van der Waals surface area contributed by atoms with Crippen molar-refractivity contribution in [3.05, 3.63) is 0 Å². The minimum Gasteiger partial charge on any atom is -0.345 e. The summed E-state index contributed by atoms with van der Waals surface area (Å²) < 4.78 is 0. The van der Waals surface area contributed by atoms with Crippen LogP contribution in [0.25, 0.3) is 0 Å². The fourth-order valence-corrected chi connectivity index (χ4v) is 2.73. The molecule has 0 aromatic carbocycles. The van der Waals surface area contributed by atoms with Crippen LogP contribution >= 0.6 is 0 Å². The van der Waals surface area contributed by atoms with Crippen molar-refractivity contribution in [3.63, 3.8) is 0 Å². The molecule has 3 heteroatoms. The van der Waals surface area contributed by atoms with Gasteiger partial charge in [-0.15, -0.1) is 0 Å². The van der Waals surface area contributed by atoms with Gasteiger partial charge in [0, 0.05) is 19.5 Å². The summed E-state index contributed by atoms with van der Waals surface area (Å²) in [6, 6.07) is 0. The molecule has 3 nitrogen and oxygen atoms in total. The lowest BCUT2D eigenvalue weighted by Gasteiger charge is -2.21. The van der Waals surface area contributed by atoms with E-state index >= 15 is 0 Å². The van der Waals surface area contributed by atoms with E-state index in [0.717, 1.165) is 31.8 Å². The van der Waals surface area contributed by atoms with Crippen LogP contribution in [0.3, 0.4) is 0 Å². The van der Waals surface area contributed by atoms with E-state index in [4.69, 9.17) is 5.73 Å². The Kier molecular flexibility index (Phi) is 2.77. The average molecular weight is 196 g/mol. The lowest BCUT2D eigenvalue weighted by molar-refractivity contribution is -0.131. The Balaban J connectivity index is 1.99. The van der Waals surface area contributed by atoms with E-state index in [-0.39, 0.29) is 5.92 Å². The molecule has 80 valence electrons. The van der Waals surface area contributed by atoms with Gasteiger partial charge in [-0.3, -0.25) is 4.79 Å². The van der Waals surface area contributed by atoms with Crippen molar-refractivity contribution < 1.29 is 4.79 Å². The number of hydrogen-bond acceptors (Lipinski definition) is 2. The van der Waals surface area contributed by atoms with Crippen LogP contribution in [0.4, 0.5) is 0 Å². The molecule has 14 heavy (non-hydrogen) atoms. The van der Waals surface area contributed by atoms with E-state index in [2.05, 4.69) is 0 Å². The Labute approximate surface area is 85.6 Å². The number of carbonyl (C=O) groups excluding carboxylic acids is 1. The number of carbonyl (C=O) groups is 1. The van der Waals surface area contributed by atoms with Gasteiger partial charge in [0.2, 0.25) is 5.91 Å². The van der Waals surface area contributed by atoms with Crippen LogP contribution in [0.15, 0.2) is 0 Å². The maximum Gasteiger partial charge on any atom is 0.225 e. The largest absolute Gasteiger partial charge is 0.345 e. The number of likely N-dealkylation sites (tertiary alicyclic amines) is 1. The van der Waals surface area contributed by atoms with Gasteiger partial charge >= 0.3 is 0 Å². The quantitative estimate of drug-likeness (QED) is 0.724. The van der Waals surface area contributed by atoms with Crippen molar-refractivity contribution in [3.8, 4) is 0 Å². The minimum absolute atomic E-state index is 0.288. The summed E-state index contributed by atoms with van der Waals surface area (Å²) in [7, 11) is 1.91. The molecular weight excluding hydrogens is 176 g/mol. The molecule has 0 aromatic rings. The summed E-state index contributed by atoms with van der Waals surface area (Å²) in [6.45, 7) is 1.67. The zero-order valence-electron chi connectivity index (χ0n) is 8.91. The van der Waals surface area contributed by atoms with Crippen molar-refractivity contribution in [1.29, 1.82) is 0 Å². The highest BCUT2D eigenvalue weighted by molar-refractivity contribution is 5.80. The molecule has 2 fully saturated rings. The molecule has 1 saturated heterocycles. The molecule has 1 saturated carbocycles. The average Bonchev–Trinajstić information content (AvgIpc) is 2.94. The number of nitrogens with two attached hydrogens (primary N) is 1. The lowest BCUT2D eigenvalue weighted by atomic mass is 9.84. The SMILES string of the molecule is CN1CCC(C(CCN)C2CC2)C1=O. The Bertz CT molecular complexity index is 225. The monoisotopic (exact) mass is 196 g/mol. The fraction of sp³-hybridized carbons (Fsp3) is 0.909. The fourth-order valence-electron chi connectivity index (χ4n) is 2.73. The summed E-state index contributed by atoms with van der Waals surface area (Å²) in [5, 5.41) is 0. The molecule has 1 heterocycles. The summed E-state index contributed by atoms with van der Waals surface area (Å²) in [4.78, 5) is 13.7. The third-order valence-corrected chi connectivity index (χ3v) is 3.71. The molecule has 2 rings (SSSR count). The third kappa shape index (κ3) is 1.78. The lowest BCUT2D eigenvalue weighted by Crippen LogP contribution is -2.29. The molecule has 2 aliphatic rings. The van der Waals surface area contributed by atoms with Gasteiger partial charge in [-0.2, -0.15) is 0 Å². The summed E-state index contributed by atoms with van der Waals surface area (Å²) in [6.07, 6.45) is 4.72. The molecule has 0 radical (unpaired) electrons. The minimum atomic E-state index is 0.288. The summed E-state index contributed by atoms with van der Waals surface area (Å²) in [5.74, 6) is 2.03. The van der Waals surface area contributed by atoms with Gasteiger partial charge < -0.3 is 10.6 Å². The first-order chi connectivity index (χ1) is 6.74. The zero-order chi connectivity index (χ0) is 10.1. The molecule has 2 unspecified atom stereocenters. The van der Waals surface area contributed by atoms with Gasteiger partial charge in [-0.1, -0.05) is 0 Å². The number of hydrogen-bond donors (Lipinski definition) is 1. The maximum atomic E-state index is 11.8. The first-order valence-electron chi connectivity index (χ1n) is 5.69. The van der Waals surface area contributed by atoms with Crippen LogP contribution in [-0.4, -0.2) is 30.9 Å². The van der Waals surface area contributed by atoms with Crippen LogP contribution in [0.2, 0.25) is 0 Å². The standard InChI is InChI=1S/C11H20N2O/c1-13-7-5-10(11(13)14)9(4-6-12)8-2-3-8/h8-10H,2-7,12H2,1H3. The van der Waals surface area contributed by atoms with Gasteiger partial charge in [-0.25, -0.2) is 0 Å². The summed E-state index contributed by atoms with van der Waals surface area (Å²) in [5.41, 5.74) is 5.62. The first kappa shape index (κ1) is 9.97. The number of amides is 1. The molecule has 1 aliphatic heterocycles. The van der Waals surface area contributed by atoms with E-state index in [1.54, 1.807) is 0 Å². The Morgan fingerprint density at radius 1 is 1.50 bits per heavy atom. The number of rotatable bonds is 4. The predicted molar refractivity (Wildman–Crippen MR) is 55.6 cm³/mol. The highest BCUT2D eigenvalue weighted by Gasteiger charge is 2.42. The smallest absolute Gasteiger partial charge is 0.225 e. The second-order valence-electron chi connectivity index (χ2n) is 4.73. The zero-order valence-corrected chi connectivity index (χ0v) is 8.91. The molecule has 1 amide bonds. The van der Waals surface area contributed by atoms with Gasteiger partial charge in [-0.05, 0) is 44.1 Å². The van der Waals surface area contributed by atoms with Crippen molar-refractivity contribution >= 4 is 5.91 Å². The normalized spacial score (nSPS) is 29.7. The van der Waals surface area contributed by atoms with Gasteiger partial charge in [0.1, 0.15) is 0 Å². The molecule has 0 aromatic heterocycles. The van der Waals surface area contributed by atoms with E-state index in [9.17, 15) is 4.79 Å².